The van der Waals surface area contributed by atoms with Crippen molar-refractivity contribution in [2.75, 3.05) is 11.5 Å². The fourth-order valence-electron chi connectivity index (χ4n) is 3.08. The van der Waals surface area contributed by atoms with Crippen molar-refractivity contribution < 1.29 is 13.2 Å². The van der Waals surface area contributed by atoms with Crippen molar-refractivity contribution in [2.45, 2.75) is 45.2 Å². The van der Waals surface area contributed by atoms with Gasteiger partial charge < -0.3 is 9.88 Å². The molecule has 1 amide bonds. The Balaban J connectivity index is 1.63. The normalized spacial score (nSPS) is 27.3. The van der Waals surface area contributed by atoms with Crippen molar-refractivity contribution in [3.63, 3.8) is 0 Å². The van der Waals surface area contributed by atoms with Gasteiger partial charge in [0.15, 0.2) is 9.84 Å². The molecule has 1 saturated heterocycles. The second-order valence-electron chi connectivity index (χ2n) is 5.84. The average Bonchev–Trinajstić information content (AvgIpc) is 3.01. The molecule has 0 aromatic carbocycles. The molecule has 0 aliphatic carbocycles. The van der Waals surface area contributed by atoms with Crippen LogP contribution in [0.3, 0.4) is 0 Å². The average molecular weight is 312 g/mol. The van der Waals surface area contributed by atoms with Crippen LogP contribution in [0.25, 0.3) is 0 Å². The van der Waals surface area contributed by atoms with E-state index >= 15 is 0 Å². The zero-order valence-electron chi connectivity index (χ0n) is 12.1. The van der Waals surface area contributed by atoms with Crippen molar-refractivity contribution in [3.05, 3.63) is 11.6 Å². The molecule has 7 nitrogen and oxygen atoms in total. The molecular weight excluding hydrogens is 292 g/mol. The molecule has 116 valence electrons. The molecule has 2 aliphatic rings. The lowest BCUT2D eigenvalue weighted by Crippen LogP contribution is -2.44. The SMILES string of the molecule is CCc1nnc2n1C[C@H](NC(=O)[C@H]1CCS(=O)(=O)C1)CC2. The minimum Gasteiger partial charge on any atom is -0.351 e. The molecule has 21 heavy (non-hydrogen) atoms. The zero-order valence-corrected chi connectivity index (χ0v) is 12.9. The standard InChI is InChI=1S/C13H20N4O3S/c1-2-11-15-16-12-4-3-10(7-17(11)12)14-13(18)9-5-6-21(19,20)8-9/h9-10H,2-8H2,1H3,(H,14,18)/t9-,10+/m0/s1. The Morgan fingerprint density at radius 3 is 2.86 bits per heavy atom. The van der Waals surface area contributed by atoms with E-state index in [1.807, 2.05) is 6.92 Å². The molecule has 2 atom stereocenters. The summed E-state index contributed by atoms with van der Waals surface area (Å²) in [5.74, 6) is 1.52. The summed E-state index contributed by atoms with van der Waals surface area (Å²) < 4.78 is 25.0. The van der Waals surface area contributed by atoms with Gasteiger partial charge in [-0.05, 0) is 12.8 Å². The number of amides is 1. The van der Waals surface area contributed by atoms with Crippen LogP contribution in [0.15, 0.2) is 0 Å². The van der Waals surface area contributed by atoms with E-state index < -0.39 is 9.84 Å². The first-order chi connectivity index (χ1) is 9.98. The summed E-state index contributed by atoms with van der Waals surface area (Å²) in [5.41, 5.74) is 0. The molecular formula is C13H20N4O3S. The van der Waals surface area contributed by atoms with Crippen molar-refractivity contribution in [1.29, 1.82) is 0 Å². The Kier molecular flexibility index (Phi) is 3.73. The molecule has 1 aromatic rings. The van der Waals surface area contributed by atoms with Gasteiger partial charge in [0, 0.05) is 25.4 Å². The van der Waals surface area contributed by atoms with Crippen LogP contribution in [-0.4, -0.2) is 46.6 Å². The van der Waals surface area contributed by atoms with E-state index in [1.54, 1.807) is 0 Å². The highest BCUT2D eigenvalue weighted by molar-refractivity contribution is 7.91. The van der Waals surface area contributed by atoms with Crippen molar-refractivity contribution in [2.24, 2.45) is 5.92 Å². The van der Waals surface area contributed by atoms with Crippen LogP contribution in [0, 0.1) is 5.92 Å². The number of hydrogen-bond donors (Lipinski definition) is 1. The van der Waals surface area contributed by atoms with Crippen LogP contribution in [0.1, 0.15) is 31.4 Å². The highest BCUT2D eigenvalue weighted by Gasteiger charge is 2.34. The molecule has 8 heteroatoms. The minimum absolute atomic E-state index is 0.0103. The lowest BCUT2D eigenvalue weighted by molar-refractivity contribution is -0.125. The van der Waals surface area contributed by atoms with E-state index in [-0.39, 0.29) is 29.4 Å². The highest BCUT2D eigenvalue weighted by atomic mass is 32.2. The van der Waals surface area contributed by atoms with Crippen LogP contribution < -0.4 is 5.32 Å². The molecule has 0 spiro atoms. The Labute approximate surface area is 124 Å². The Morgan fingerprint density at radius 2 is 2.19 bits per heavy atom. The molecule has 1 N–H and O–H groups in total. The van der Waals surface area contributed by atoms with Gasteiger partial charge in [-0.3, -0.25) is 4.79 Å². The third-order valence-corrected chi connectivity index (χ3v) is 6.06. The van der Waals surface area contributed by atoms with Crippen molar-refractivity contribution in [3.8, 4) is 0 Å². The van der Waals surface area contributed by atoms with Crippen LogP contribution >= 0.6 is 0 Å². The van der Waals surface area contributed by atoms with E-state index in [2.05, 4.69) is 20.1 Å². The van der Waals surface area contributed by atoms with E-state index in [1.165, 1.54) is 0 Å². The summed E-state index contributed by atoms with van der Waals surface area (Å²) >= 11 is 0. The zero-order chi connectivity index (χ0) is 15.0. The van der Waals surface area contributed by atoms with Gasteiger partial charge in [0.25, 0.3) is 0 Å². The molecule has 0 bridgehead atoms. The summed E-state index contributed by atoms with van der Waals surface area (Å²) in [6.07, 6.45) is 2.88. The van der Waals surface area contributed by atoms with Crippen molar-refractivity contribution >= 4 is 15.7 Å². The van der Waals surface area contributed by atoms with Crippen LogP contribution in [-0.2, 0) is 34.0 Å². The van der Waals surface area contributed by atoms with Gasteiger partial charge in [-0.2, -0.15) is 0 Å². The number of fused-ring (bicyclic) bond motifs is 1. The third-order valence-electron chi connectivity index (χ3n) is 4.29. The molecule has 0 saturated carbocycles. The summed E-state index contributed by atoms with van der Waals surface area (Å²) in [6, 6.07) is 0.0367. The number of aromatic nitrogens is 3. The molecule has 2 aliphatic heterocycles. The summed E-state index contributed by atoms with van der Waals surface area (Å²) in [4.78, 5) is 12.2. The number of nitrogens with zero attached hydrogens (tertiary/aromatic N) is 3. The van der Waals surface area contributed by atoms with Crippen LogP contribution in [0.5, 0.6) is 0 Å². The van der Waals surface area contributed by atoms with Gasteiger partial charge >= 0.3 is 0 Å². The van der Waals surface area contributed by atoms with Crippen molar-refractivity contribution in [1.82, 2.24) is 20.1 Å². The number of rotatable bonds is 3. The first-order valence-corrected chi connectivity index (χ1v) is 9.22. The summed E-state index contributed by atoms with van der Waals surface area (Å²) in [7, 11) is -3.02. The van der Waals surface area contributed by atoms with Crippen LogP contribution in [0.4, 0.5) is 0 Å². The second-order valence-corrected chi connectivity index (χ2v) is 8.07. The predicted molar refractivity (Wildman–Crippen MR) is 76.4 cm³/mol. The largest absolute Gasteiger partial charge is 0.351 e. The van der Waals surface area contributed by atoms with Gasteiger partial charge in [-0.15, -0.1) is 10.2 Å². The number of sulfone groups is 1. The smallest absolute Gasteiger partial charge is 0.224 e. The molecule has 3 heterocycles. The van der Waals surface area contributed by atoms with E-state index in [4.69, 9.17) is 0 Å². The highest BCUT2D eigenvalue weighted by Crippen LogP contribution is 2.20. The first kappa shape index (κ1) is 14.5. The number of carbonyl (C=O) groups is 1. The fourth-order valence-corrected chi connectivity index (χ4v) is 4.82. The molecule has 1 aromatic heterocycles. The number of hydrogen-bond acceptors (Lipinski definition) is 5. The Bertz CT molecular complexity index is 639. The quantitative estimate of drug-likeness (QED) is 0.827. The van der Waals surface area contributed by atoms with Gasteiger partial charge in [-0.1, -0.05) is 6.92 Å². The second kappa shape index (κ2) is 5.40. The summed E-state index contributed by atoms with van der Waals surface area (Å²) in [5, 5.41) is 11.3. The van der Waals surface area contributed by atoms with E-state index in [0.29, 0.717) is 13.0 Å². The maximum atomic E-state index is 12.2. The van der Waals surface area contributed by atoms with Gasteiger partial charge in [0.05, 0.1) is 17.4 Å². The van der Waals surface area contributed by atoms with Gasteiger partial charge in [-0.25, -0.2) is 8.42 Å². The number of aryl methyl sites for hydroxylation is 2. The lowest BCUT2D eigenvalue weighted by atomic mass is 10.0. The maximum absolute atomic E-state index is 12.2. The fraction of sp³-hybridized carbons (Fsp3) is 0.769. The Hall–Kier alpha value is -1.44. The summed E-state index contributed by atoms with van der Waals surface area (Å²) in [6.45, 7) is 2.71. The number of nitrogens with one attached hydrogen (secondary N) is 1. The van der Waals surface area contributed by atoms with Gasteiger partial charge in [0.2, 0.25) is 5.91 Å². The predicted octanol–water partition coefficient (Wildman–Crippen LogP) is -0.294. The maximum Gasteiger partial charge on any atom is 0.224 e. The lowest BCUT2D eigenvalue weighted by Gasteiger charge is -2.26. The van der Waals surface area contributed by atoms with Gasteiger partial charge in [0.1, 0.15) is 11.6 Å². The molecule has 0 radical (unpaired) electrons. The van der Waals surface area contributed by atoms with E-state index in [0.717, 1.165) is 30.9 Å². The monoisotopic (exact) mass is 312 g/mol. The minimum atomic E-state index is -3.02. The topological polar surface area (TPSA) is 93.9 Å². The molecule has 0 unspecified atom stereocenters. The Morgan fingerprint density at radius 1 is 1.38 bits per heavy atom. The molecule has 3 rings (SSSR count). The third kappa shape index (κ3) is 2.95. The van der Waals surface area contributed by atoms with E-state index in [9.17, 15) is 13.2 Å². The first-order valence-electron chi connectivity index (χ1n) is 7.40. The van der Waals surface area contributed by atoms with Crippen LogP contribution in [0.2, 0.25) is 0 Å². The molecule has 1 fully saturated rings. The number of carbonyl (C=O) groups excluding carboxylic acids is 1.